The Hall–Kier alpha value is 0.100. The lowest BCUT2D eigenvalue weighted by atomic mass is 9.81. The zero-order chi connectivity index (χ0) is 12.7. The van der Waals surface area contributed by atoms with Crippen molar-refractivity contribution in [3.05, 3.63) is 0 Å². The van der Waals surface area contributed by atoms with Crippen LogP contribution in [-0.4, -0.2) is 24.4 Å². The molecule has 0 unspecified atom stereocenters. The fourth-order valence-corrected chi connectivity index (χ4v) is 2.77. The number of thioether (sulfide) groups is 1. The van der Waals surface area contributed by atoms with Gasteiger partial charge >= 0.3 is 5.51 Å². The van der Waals surface area contributed by atoms with Crippen molar-refractivity contribution in [2.45, 2.75) is 44.5 Å². The van der Waals surface area contributed by atoms with Crippen molar-refractivity contribution < 1.29 is 13.2 Å². The normalized spacial score (nSPS) is 26.1. The van der Waals surface area contributed by atoms with E-state index in [2.05, 4.69) is 12.2 Å². The molecule has 0 spiro atoms. The maximum atomic E-state index is 11.8. The largest absolute Gasteiger partial charge is 0.441 e. The summed E-state index contributed by atoms with van der Waals surface area (Å²) >= 11 is 0.0574. The van der Waals surface area contributed by atoms with Crippen LogP contribution in [0.15, 0.2) is 0 Å². The summed E-state index contributed by atoms with van der Waals surface area (Å²) in [6.07, 6.45) is 6.33. The third kappa shape index (κ3) is 7.92. The van der Waals surface area contributed by atoms with Gasteiger partial charge in [-0.05, 0) is 36.6 Å². The van der Waals surface area contributed by atoms with Crippen LogP contribution in [-0.2, 0) is 0 Å². The first-order chi connectivity index (χ1) is 7.97. The van der Waals surface area contributed by atoms with Crippen molar-refractivity contribution in [2.75, 3.05) is 18.8 Å². The third-order valence-electron chi connectivity index (χ3n) is 3.41. The first-order valence-electron chi connectivity index (χ1n) is 6.39. The number of rotatable bonds is 6. The van der Waals surface area contributed by atoms with E-state index in [1.165, 1.54) is 25.7 Å². The minimum atomic E-state index is -4.08. The number of nitrogens with one attached hydrogen (secondary N) is 1. The molecule has 1 N–H and O–H groups in total. The van der Waals surface area contributed by atoms with E-state index in [4.69, 9.17) is 0 Å². The Morgan fingerprint density at radius 2 is 1.76 bits per heavy atom. The van der Waals surface area contributed by atoms with Gasteiger partial charge in [-0.3, -0.25) is 0 Å². The summed E-state index contributed by atoms with van der Waals surface area (Å²) in [5.41, 5.74) is -4.08. The van der Waals surface area contributed by atoms with E-state index in [0.717, 1.165) is 24.8 Å². The van der Waals surface area contributed by atoms with Crippen molar-refractivity contribution in [1.29, 1.82) is 0 Å². The molecule has 0 aromatic heterocycles. The summed E-state index contributed by atoms with van der Waals surface area (Å²) in [4.78, 5) is 0. The second-order valence-electron chi connectivity index (χ2n) is 4.96. The van der Waals surface area contributed by atoms with Crippen LogP contribution in [0, 0.1) is 11.8 Å². The van der Waals surface area contributed by atoms with E-state index in [0.29, 0.717) is 6.54 Å². The predicted octanol–water partition coefficient (Wildman–Crippen LogP) is 4.05. The first-order valence-corrected chi connectivity index (χ1v) is 7.37. The summed E-state index contributed by atoms with van der Waals surface area (Å²) in [5.74, 6) is 1.77. The van der Waals surface area contributed by atoms with Crippen LogP contribution in [0.25, 0.3) is 0 Å². The molecule has 0 heterocycles. The van der Waals surface area contributed by atoms with Gasteiger partial charge in [-0.25, -0.2) is 0 Å². The van der Waals surface area contributed by atoms with Crippen molar-refractivity contribution in [2.24, 2.45) is 11.8 Å². The van der Waals surface area contributed by atoms with Gasteiger partial charge in [-0.15, -0.1) is 0 Å². The van der Waals surface area contributed by atoms with Gasteiger partial charge in [-0.2, -0.15) is 13.2 Å². The zero-order valence-corrected chi connectivity index (χ0v) is 11.2. The molecule has 0 atom stereocenters. The van der Waals surface area contributed by atoms with Crippen LogP contribution in [0.5, 0.6) is 0 Å². The van der Waals surface area contributed by atoms with Gasteiger partial charge in [0.05, 0.1) is 0 Å². The molecule has 1 aliphatic rings. The molecule has 0 aromatic carbocycles. The Morgan fingerprint density at radius 1 is 1.12 bits per heavy atom. The monoisotopic (exact) mass is 269 g/mol. The van der Waals surface area contributed by atoms with Gasteiger partial charge in [0.15, 0.2) is 0 Å². The SMILES string of the molecule is CC1CCC(CCNCCSC(F)(F)F)CC1. The molecule has 0 saturated heterocycles. The molecule has 102 valence electrons. The summed E-state index contributed by atoms with van der Waals surface area (Å²) in [5, 5.41) is 3.10. The highest BCUT2D eigenvalue weighted by atomic mass is 32.2. The molecule has 1 rings (SSSR count). The topological polar surface area (TPSA) is 12.0 Å². The average Bonchev–Trinajstić information content (AvgIpc) is 2.24. The first kappa shape index (κ1) is 15.2. The lowest BCUT2D eigenvalue weighted by molar-refractivity contribution is -0.0327. The highest BCUT2D eigenvalue weighted by Gasteiger charge is 2.27. The molecule has 5 heteroatoms. The van der Waals surface area contributed by atoms with E-state index < -0.39 is 5.51 Å². The maximum Gasteiger partial charge on any atom is 0.441 e. The maximum absolute atomic E-state index is 11.8. The molecule has 0 bridgehead atoms. The quantitative estimate of drug-likeness (QED) is 0.730. The molecule has 0 amide bonds. The molecule has 0 aliphatic heterocycles. The standard InChI is InChI=1S/C12H22F3NS/c1-10-2-4-11(5-3-10)6-7-16-8-9-17-12(13,14)15/h10-11,16H,2-9H2,1H3. The predicted molar refractivity (Wildman–Crippen MR) is 67.1 cm³/mol. The van der Waals surface area contributed by atoms with Crippen LogP contribution in [0.1, 0.15) is 39.0 Å². The molecular formula is C12H22F3NS. The number of hydrogen-bond donors (Lipinski definition) is 1. The molecular weight excluding hydrogens is 247 g/mol. The fraction of sp³-hybridized carbons (Fsp3) is 1.00. The lowest BCUT2D eigenvalue weighted by Gasteiger charge is -2.26. The molecule has 1 fully saturated rings. The molecule has 17 heavy (non-hydrogen) atoms. The van der Waals surface area contributed by atoms with Crippen LogP contribution in [0.4, 0.5) is 13.2 Å². The molecule has 1 aliphatic carbocycles. The minimum Gasteiger partial charge on any atom is -0.316 e. The van der Waals surface area contributed by atoms with E-state index in [-0.39, 0.29) is 17.5 Å². The number of halogens is 3. The Bertz CT molecular complexity index is 200. The second-order valence-corrected chi connectivity index (χ2v) is 6.12. The number of hydrogen-bond acceptors (Lipinski definition) is 2. The lowest BCUT2D eigenvalue weighted by Crippen LogP contribution is -2.23. The highest BCUT2D eigenvalue weighted by Crippen LogP contribution is 2.30. The van der Waals surface area contributed by atoms with Crippen molar-refractivity contribution in [3.8, 4) is 0 Å². The summed E-state index contributed by atoms with van der Waals surface area (Å²) in [6.45, 7) is 3.60. The smallest absolute Gasteiger partial charge is 0.316 e. The van der Waals surface area contributed by atoms with Gasteiger partial charge in [-0.1, -0.05) is 32.6 Å². The van der Waals surface area contributed by atoms with Crippen molar-refractivity contribution >= 4 is 11.8 Å². The van der Waals surface area contributed by atoms with Crippen LogP contribution >= 0.6 is 11.8 Å². The van der Waals surface area contributed by atoms with Crippen LogP contribution in [0.3, 0.4) is 0 Å². The minimum absolute atomic E-state index is 0.0574. The van der Waals surface area contributed by atoms with Gasteiger partial charge in [0, 0.05) is 12.3 Å². The zero-order valence-electron chi connectivity index (χ0n) is 10.4. The van der Waals surface area contributed by atoms with E-state index in [1.54, 1.807) is 0 Å². The van der Waals surface area contributed by atoms with Crippen molar-refractivity contribution in [3.63, 3.8) is 0 Å². The Balaban J connectivity index is 1.91. The van der Waals surface area contributed by atoms with Gasteiger partial charge in [0.25, 0.3) is 0 Å². The third-order valence-corrected chi connectivity index (χ3v) is 4.14. The van der Waals surface area contributed by atoms with E-state index in [9.17, 15) is 13.2 Å². The van der Waals surface area contributed by atoms with Gasteiger partial charge in [0.2, 0.25) is 0 Å². The molecule has 1 nitrogen and oxygen atoms in total. The highest BCUT2D eigenvalue weighted by molar-refractivity contribution is 8.00. The Morgan fingerprint density at radius 3 is 2.35 bits per heavy atom. The fourth-order valence-electron chi connectivity index (χ4n) is 2.29. The molecule has 1 saturated carbocycles. The Labute approximate surface area is 106 Å². The Kier molecular flexibility index (Phi) is 6.70. The van der Waals surface area contributed by atoms with E-state index in [1.807, 2.05) is 0 Å². The van der Waals surface area contributed by atoms with Crippen molar-refractivity contribution in [1.82, 2.24) is 5.32 Å². The summed E-state index contributed by atoms with van der Waals surface area (Å²) in [6, 6.07) is 0. The van der Waals surface area contributed by atoms with Crippen LogP contribution < -0.4 is 5.32 Å². The summed E-state index contributed by atoms with van der Waals surface area (Å²) in [7, 11) is 0. The second kappa shape index (κ2) is 7.52. The van der Waals surface area contributed by atoms with E-state index >= 15 is 0 Å². The van der Waals surface area contributed by atoms with Crippen LogP contribution in [0.2, 0.25) is 0 Å². The van der Waals surface area contributed by atoms with Gasteiger partial charge < -0.3 is 5.32 Å². The van der Waals surface area contributed by atoms with Gasteiger partial charge in [0.1, 0.15) is 0 Å². The molecule has 0 radical (unpaired) electrons. The molecule has 0 aromatic rings. The average molecular weight is 269 g/mol. The number of alkyl halides is 3. The summed E-state index contributed by atoms with van der Waals surface area (Å²) < 4.78 is 35.5.